The van der Waals surface area contributed by atoms with Gasteiger partial charge in [-0.1, -0.05) is 6.07 Å². The third-order valence-electron chi connectivity index (χ3n) is 6.77. The van der Waals surface area contributed by atoms with Crippen molar-refractivity contribution in [2.75, 3.05) is 4.90 Å². The minimum absolute atomic E-state index is 0.00793. The van der Waals surface area contributed by atoms with Crippen molar-refractivity contribution >= 4 is 17.2 Å². The van der Waals surface area contributed by atoms with Crippen molar-refractivity contribution in [3.8, 4) is 33.8 Å². The van der Waals surface area contributed by atoms with Crippen molar-refractivity contribution < 1.29 is 9.50 Å². The summed E-state index contributed by atoms with van der Waals surface area (Å²) in [4.78, 5) is 11.3. The standard InChI is InChI=1S/C23H22FN7OS/c24-21-17-6-2-13(28-17)8-18(21)31(14-3-4-14)20-11-26-22(30-29-20)16-5-1-12(7-19(16)32)23-27-10-15(9-25)33-23/h1,5,7,10-11,13-14,17-18,21,28,32H,2-4,6,8H2/t13-,17+,18+,21-/m1/s1. The molecule has 2 aliphatic heterocycles. The lowest BCUT2D eigenvalue weighted by Gasteiger charge is -2.40. The summed E-state index contributed by atoms with van der Waals surface area (Å²) in [6, 6.07) is 7.55. The Bertz CT molecular complexity index is 1220. The van der Waals surface area contributed by atoms with Crippen LogP contribution < -0.4 is 10.2 Å². The second-order valence-corrected chi connectivity index (χ2v) is 9.98. The fourth-order valence-corrected chi connectivity index (χ4v) is 5.76. The number of aromatic nitrogens is 4. The highest BCUT2D eigenvalue weighted by molar-refractivity contribution is 7.15. The summed E-state index contributed by atoms with van der Waals surface area (Å²) in [6.07, 6.45) is 6.96. The van der Waals surface area contributed by atoms with Gasteiger partial charge in [0.1, 0.15) is 27.9 Å². The number of nitrogens with one attached hydrogen (secondary N) is 1. The first kappa shape index (κ1) is 20.4. The Labute approximate surface area is 194 Å². The number of aromatic hydroxyl groups is 1. The summed E-state index contributed by atoms with van der Waals surface area (Å²) < 4.78 is 15.2. The Hall–Kier alpha value is -3.16. The van der Waals surface area contributed by atoms with Crippen LogP contribution in [0.1, 0.15) is 37.0 Å². The van der Waals surface area contributed by atoms with E-state index in [1.165, 1.54) is 17.5 Å². The molecule has 6 rings (SSSR count). The van der Waals surface area contributed by atoms with Gasteiger partial charge in [-0.15, -0.1) is 21.5 Å². The fraction of sp³-hybridized carbons (Fsp3) is 0.435. The Kier molecular flexibility index (Phi) is 4.96. The zero-order chi connectivity index (χ0) is 22.5. The number of benzene rings is 1. The molecule has 0 radical (unpaired) electrons. The maximum absolute atomic E-state index is 15.2. The molecule has 10 heteroatoms. The van der Waals surface area contributed by atoms with Gasteiger partial charge < -0.3 is 15.3 Å². The highest BCUT2D eigenvalue weighted by Gasteiger charge is 2.48. The van der Waals surface area contributed by atoms with Crippen LogP contribution in [0.4, 0.5) is 10.2 Å². The minimum atomic E-state index is -0.935. The van der Waals surface area contributed by atoms with Crippen molar-refractivity contribution in [2.45, 2.75) is 62.4 Å². The first-order valence-corrected chi connectivity index (χ1v) is 12.0. The van der Waals surface area contributed by atoms with E-state index in [4.69, 9.17) is 5.26 Å². The van der Waals surface area contributed by atoms with E-state index >= 15 is 4.39 Å². The molecule has 3 aliphatic rings. The number of nitrogens with zero attached hydrogens (tertiary/aromatic N) is 6. The van der Waals surface area contributed by atoms with Gasteiger partial charge in [-0.2, -0.15) is 5.26 Å². The number of phenols is 1. The van der Waals surface area contributed by atoms with Gasteiger partial charge in [0.05, 0.1) is 24.0 Å². The van der Waals surface area contributed by atoms with E-state index in [1.54, 1.807) is 24.4 Å². The molecule has 3 fully saturated rings. The van der Waals surface area contributed by atoms with Crippen LogP contribution in [0.5, 0.6) is 5.75 Å². The Morgan fingerprint density at radius 1 is 1.15 bits per heavy atom. The van der Waals surface area contributed by atoms with Crippen LogP contribution >= 0.6 is 11.3 Å². The van der Waals surface area contributed by atoms with Gasteiger partial charge in [0.2, 0.25) is 0 Å². The number of alkyl halides is 1. The Morgan fingerprint density at radius 2 is 2.03 bits per heavy atom. The normalized spacial score (nSPS) is 26.2. The van der Waals surface area contributed by atoms with Crippen LogP contribution in [0.2, 0.25) is 0 Å². The molecule has 1 saturated carbocycles. The first-order valence-electron chi connectivity index (χ1n) is 11.2. The molecule has 2 aromatic heterocycles. The molecule has 0 spiro atoms. The van der Waals surface area contributed by atoms with Gasteiger partial charge in [0.25, 0.3) is 0 Å². The van der Waals surface area contributed by atoms with E-state index in [0.717, 1.165) is 32.1 Å². The topological polar surface area (TPSA) is 111 Å². The van der Waals surface area contributed by atoms with Crippen LogP contribution in [-0.2, 0) is 0 Å². The molecule has 33 heavy (non-hydrogen) atoms. The third kappa shape index (κ3) is 3.71. The SMILES string of the molecule is N#Cc1cnc(-c2ccc(-c3ncc(N(C4CC4)[C@H]4C[C@H]5CC[C@H](N5)[C@H]4F)nn3)c(O)c2)s1. The molecule has 2 saturated heterocycles. The fourth-order valence-electron chi connectivity index (χ4n) is 5.05. The molecule has 2 N–H and O–H groups in total. The van der Waals surface area contributed by atoms with Crippen LogP contribution in [0.15, 0.2) is 30.6 Å². The summed E-state index contributed by atoms with van der Waals surface area (Å²) in [5, 5.41) is 32.3. The number of piperidine rings is 1. The van der Waals surface area contributed by atoms with Crippen LogP contribution in [0.3, 0.4) is 0 Å². The lowest BCUT2D eigenvalue weighted by molar-refractivity contribution is 0.171. The van der Waals surface area contributed by atoms with Crippen LogP contribution in [0, 0.1) is 11.3 Å². The quantitative estimate of drug-likeness (QED) is 0.592. The number of thiazole rings is 1. The molecule has 4 heterocycles. The van der Waals surface area contributed by atoms with Gasteiger partial charge in [-0.25, -0.2) is 14.4 Å². The van der Waals surface area contributed by atoms with E-state index in [0.29, 0.717) is 38.7 Å². The molecule has 2 bridgehead atoms. The lowest BCUT2D eigenvalue weighted by Crippen LogP contribution is -2.57. The number of fused-ring (bicyclic) bond motifs is 2. The second-order valence-electron chi connectivity index (χ2n) is 8.95. The zero-order valence-corrected chi connectivity index (χ0v) is 18.5. The molecule has 8 nitrogen and oxygen atoms in total. The minimum Gasteiger partial charge on any atom is -0.507 e. The molecule has 168 valence electrons. The lowest BCUT2D eigenvalue weighted by atomic mass is 9.96. The van der Waals surface area contributed by atoms with E-state index in [-0.39, 0.29) is 23.9 Å². The molecule has 3 aromatic rings. The van der Waals surface area contributed by atoms with Crippen molar-refractivity contribution in [3.63, 3.8) is 0 Å². The van der Waals surface area contributed by atoms with Crippen molar-refractivity contribution in [1.29, 1.82) is 5.26 Å². The number of phenolic OH excluding ortho intramolecular Hbond substituents is 1. The maximum Gasteiger partial charge on any atom is 0.185 e. The van der Waals surface area contributed by atoms with Crippen molar-refractivity contribution in [3.05, 3.63) is 35.5 Å². The predicted molar refractivity (Wildman–Crippen MR) is 121 cm³/mol. The largest absolute Gasteiger partial charge is 0.507 e. The molecular weight excluding hydrogens is 441 g/mol. The molecule has 0 amide bonds. The van der Waals surface area contributed by atoms with Crippen molar-refractivity contribution in [2.24, 2.45) is 0 Å². The number of hydrogen-bond donors (Lipinski definition) is 2. The smallest absolute Gasteiger partial charge is 0.185 e. The van der Waals surface area contributed by atoms with Crippen LogP contribution in [0.25, 0.3) is 22.0 Å². The zero-order valence-electron chi connectivity index (χ0n) is 17.7. The second kappa shape index (κ2) is 8.01. The summed E-state index contributed by atoms with van der Waals surface area (Å²) in [5.41, 5.74) is 1.16. The van der Waals surface area contributed by atoms with Gasteiger partial charge in [-0.05, 0) is 44.2 Å². The van der Waals surface area contributed by atoms with Crippen LogP contribution in [-0.4, -0.2) is 55.6 Å². The van der Waals surface area contributed by atoms with Gasteiger partial charge in [0.15, 0.2) is 11.6 Å². The number of nitriles is 1. The molecular formula is C23H22FN7OS. The maximum atomic E-state index is 15.2. The number of hydrogen-bond acceptors (Lipinski definition) is 9. The van der Waals surface area contributed by atoms with Gasteiger partial charge >= 0.3 is 0 Å². The average Bonchev–Trinajstić information content (AvgIpc) is 3.39. The first-order chi connectivity index (χ1) is 16.1. The molecule has 1 aliphatic carbocycles. The van der Waals surface area contributed by atoms with E-state index in [2.05, 4.69) is 36.5 Å². The number of halogens is 1. The highest BCUT2D eigenvalue weighted by Crippen LogP contribution is 2.40. The van der Waals surface area contributed by atoms with Gasteiger partial charge in [0, 0.05) is 23.7 Å². The summed E-state index contributed by atoms with van der Waals surface area (Å²) in [6.45, 7) is 0. The molecule has 0 unspecified atom stereocenters. The highest BCUT2D eigenvalue weighted by atomic mass is 32.1. The van der Waals surface area contributed by atoms with E-state index in [1.807, 2.05) is 0 Å². The third-order valence-corrected chi connectivity index (χ3v) is 7.72. The number of anilines is 1. The van der Waals surface area contributed by atoms with Crippen molar-refractivity contribution in [1.82, 2.24) is 25.5 Å². The summed E-state index contributed by atoms with van der Waals surface area (Å²) >= 11 is 1.26. The Morgan fingerprint density at radius 3 is 2.73 bits per heavy atom. The van der Waals surface area contributed by atoms with E-state index in [9.17, 15) is 5.11 Å². The predicted octanol–water partition coefficient (Wildman–Crippen LogP) is 3.44. The summed E-state index contributed by atoms with van der Waals surface area (Å²) in [7, 11) is 0. The summed E-state index contributed by atoms with van der Waals surface area (Å²) in [5.74, 6) is 0.907. The van der Waals surface area contributed by atoms with Gasteiger partial charge in [-0.3, -0.25) is 0 Å². The monoisotopic (exact) mass is 463 g/mol. The molecule has 4 atom stereocenters. The number of rotatable bonds is 5. The Balaban J connectivity index is 1.26. The van der Waals surface area contributed by atoms with E-state index < -0.39 is 6.17 Å². The average molecular weight is 464 g/mol. The molecule has 1 aromatic carbocycles.